The molecular weight excluding hydrogens is 224 g/mol. The van der Waals surface area contributed by atoms with Crippen LogP contribution in [0.5, 0.6) is 0 Å². The van der Waals surface area contributed by atoms with Gasteiger partial charge >= 0.3 is 0 Å². The minimum Gasteiger partial charge on any atom is -0.310 e. The molecule has 1 unspecified atom stereocenters. The van der Waals surface area contributed by atoms with E-state index in [9.17, 15) is 0 Å². The van der Waals surface area contributed by atoms with Crippen LogP contribution in [0.4, 0.5) is 0 Å². The number of nitrogens with one attached hydrogen (secondary N) is 1. The third-order valence-corrected chi connectivity index (χ3v) is 3.12. The Morgan fingerprint density at radius 1 is 1.56 bits per heavy atom. The lowest BCUT2D eigenvalue weighted by molar-refractivity contribution is 0.515. The van der Waals surface area contributed by atoms with E-state index < -0.39 is 0 Å². The standard InChI is InChI=1S/C11H21ClN4/c1-3-16-11(14-9-15-16)8-13-6-4-5-10(2)7-12/h9-10,13H,3-8H2,1-2H3. The van der Waals surface area contributed by atoms with Gasteiger partial charge in [-0.1, -0.05) is 6.92 Å². The van der Waals surface area contributed by atoms with Gasteiger partial charge in [-0.15, -0.1) is 11.6 Å². The molecule has 5 heteroatoms. The van der Waals surface area contributed by atoms with Crippen molar-refractivity contribution in [1.29, 1.82) is 0 Å². The highest BCUT2D eigenvalue weighted by atomic mass is 35.5. The minimum absolute atomic E-state index is 0.614. The Kier molecular flexibility index (Phi) is 6.42. The molecule has 4 nitrogen and oxygen atoms in total. The largest absolute Gasteiger partial charge is 0.310 e. The summed E-state index contributed by atoms with van der Waals surface area (Å²) in [7, 11) is 0. The summed E-state index contributed by atoms with van der Waals surface area (Å²) < 4.78 is 1.91. The van der Waals surface area contributed by atoms with Gasteiger partial charge in [0.2, 0.25) is 0 Å². The summed E-state index contributed by atoms with van der Waals surface area (Å²) in [6.07, 6.45) is 3.95. The maximum atomic E-state index is 5.74. The number of aromatic nitrogens is 3. The molecule has 0 saturated heterocycles. The van der Waals surface area contributed by atoms with Crippen LogP contribution in [-0.2, 0) is 13.1 Å². The summed E-state index contributed by atoms with van der Waals surface area (Å²) in [5.41, 5.74) is 0. The Labute approximate surface area is 102 Å². The quantitative estimate of drug-likeness (QED) is 0.562. The van der Waals surface area contributed by atoms with Crippen LogP contribution in [0.1, 0.15) is 32.5 Å². The van der Waals surface area contributed by atoms with E-state index in [1.165, 1.54) is 6.42 Å². The van der Waals surface area contributed by atoms with E-state index in [1.54, 1.807) is 6.33 Å². The van der Waals surface area contributed by atoms with Crippen LogP contribution in [0, 0.1) is 5.92 Å². The molecule has 0 saturated carbocycles. The Morgan fingerprint density at radius 2 is 2.38 bits per heavy atom. The molecule has 0 amide bonds. The van der Waals surface area contributed by atoms with Crippen molar-refractivity contribution in [3.63, 3.8) is 0 Å². The molecular formula is C11H21ClN4. The van der Waals surface area contributed by atoms with Crippen LogP contribution >= 0.6 is 11.6 Å². The molecule has 1 heterocycles. The van der Waals surface area contributed by atoms with Gasteiger partial charge in [0.1, 0.15) is 12.2 Å². The molecule has 0 aliphatic heterocycles. The zero-order valence-electron chi connectivity index (χ0n) is 10.1. The fourth-order valence-electron chi connectivity index (χ4n) is 1.54. The summed E-state index contributed by atoms with van der Waals surface area (Å²) in [6, 6.07) is 0. The van der Waals surface area contributed by atoms with Gasteiger partial charge in [-0.25, -0.2) is 9.67 Å². The van der Waals surface area contributed by atoms with E-state index in [4.69, 9.17) is 11.6 Å². The van der Waals surface area contributed by atoms with E-state index in [1.807, 2.05) is 4.68 Å². The van der Waals surface area contributed by atoms with Crippen molar-refractivity contribution in [2.24, 2.45) is 5.92 Å². The van der Waals surface area contributed by atoms with Crippen molar-refractivity contribution < 1.29 is 0 Å². The number of aryl methyl sites for hydroxylation is 1. The maximum absolute atomic E-state index is 5.74. The van der Waals surface area contributed by atoms with Gasteiger partial charge in [-0.05, 0) is 32.2 Å². The highest BCUT2D eigenvalue weighted by Crippen LogP contribution is 2.06. The van der Waals surface area contributed by atoms with Gasteiger partial charge in [0.15, 0.2) is 0 Å². The molecule has 1 aromatic rings. The number of hydrogen-bond donors (Lipinski definition) is 1. The molecule has 1 aromatic heterocycles. The summed E-state index contributed by atoms with van der Waals surface area (Å²) >= 11 is 5.74. The molecule has 1 N–H and O–H groups in total. The second-order valence-electron chi connectivity index (χ2n) is 4.07. The van der Waals surface area contributed by atoms with Crippen LogP contribution in [0.3, 0.4) is 0 Å². The zero-order valence-corrected chi connectivity index (χ0v) is 10.9. The SMILES string of the molecule is CCn1ncnc1CNCCCC(C)CCl. The smallest absolute Gasteiger partial charge is 0.140 e. The zero-order chi connectivity index (χ0) is 11.8. The normalized spacial score (nSPS) is 12.9. The highest BCUT2D eigenvalue weighted by Gasteiger charge is 2.02. The van der Waals surface area contributed by atoms with Gasteiger partial charge in [0.25, 0.3) is 0 Å². The van der Waals surface area contributed by atoms with E-state index in [0.717, 1.165) is 37.8 Å². The number of halogens is 1. The average Bonchev–Trinajstić information content (AvgIpc) is 2.75. The van der Waals surface area contributed by atoms with Crippen molar-refractivity contribution in [2.75, 3.05) is 12.4 Å². The lowest BCUT2D eigenvalue weighted by Gasteiger charge is -2.08. The molecule has 0 fully saturated rings. The first-order valence-electron chi connectivity index (χ1n) is 5.91. The van der Waals surface area contributed by atoms with Crippen molar-refractivity contribution in [3.8, 4) is 0 Å². The first-order chi connectivity index (χ1) is 7.77. The first-order valence-corrected chi connectivity index (χ1v) is 6.44. The van der Waals surface area contributed by atoms with Crippen molar-refractivity contribution in [3.05, 3.63) is 12.2 Å². The number of nitrogens with zero attached hydrogens (tertiary/aromatic N) is 3. The number of alkyl halides is 1. The third-order valence-electron chi connectivity index (χ3n) is 2.59. The molecule has 0 spiro atoms. The Morgan fingerprint density at radius 3 is 3.06 bits per heavy atom. The summed E-state index contributed by atoms with van der Waals surface area (Å²) in [5.74, 6) is 2.38. The van der Waals surface area contributed by atoms with Crippen LogP contribution in [-0.4, -0.2) is 27.2 Å². The van der Waals surface area contributed by atoms with Crippen molar-refractivity contribution in [2.45, 2.75) is 39.8 Å². The fraction of sp³-hybridized carbons (Fsp3) is 0.818. The van der Waals surface area contributed by atoms with Crippen molar-refractivity contribution >= 4 is 11.6 Å². The summed E-state index contributed by atoms with van der Waals surface area (Å²) in [4.78, 5) is 4.20. The first kappa shape index (κ1) is 13.5. The molecule has 0 aromatic carbocycles. The van der Waals surface area contributed by atoms with Gasteiger partial charge in [0, 0.05) is 12.4 Å². The van der Waals surface area contributed by atoms with E-state index in [0.29, 0.717) is 5.92 Å². The van der Waals surface area contributed by atoms with Gasteiger partial charge in [-0.2, -0.15) is 5.10 Å². The van der Waals surface area contributed by atoms with Crippen LogP contribution < -0.4 is 5.32 Å². The predicted molar refractivity (Wildman–Crippen MR) is 66.5 cm³/mol. The molecule has 1 rings (SSSR count). The fourth-order valence-corrected chi connectivity index (χ4v) is 1.70. The van der Waals surface area contributed by atoms with E-state index in [2.05, 4.69) is 29.2 Å². The number of hydrogen-bond acceptors (Lipinski definition) is 3. The minimum atomic E-state index is 0.614. The van der Waals surface area contributed by atoms with Gasteiger partial charge in [0.05, 0.1) is 6.54 Å². The average molecular weight is 245 g/mol. The molecule has 0 aliphatic carbocycles. The Balaban J connectivity index is 2.11. The summed E-state index contributed by atoms with van der Waals surface area (Å²) in [6.45, 7) is 6.93. The summed E-state index contributed by atoms with van der Waals surface area (Å²) in [5, 5.41) is 7.50. The molecule has 16 heavy (non-hydrogen) atoms. The monoisotopic (exact) mass is 244 g/mol. The van der Waals surface area contributed by atoms with E-state index >= 15 is 0 Å². The second-order valence-corrected chi connectivity index (χ2v) is 4.38. The second kappa shape index (κ2) is 7.63. The molecule has 0 bridgehead atoms. The van der Waals surface area contributed by atoms with Crippen LogP contribution in [0.15, 0.2) is 6.33 Å². The van der Waals surface area contributed by atoms with Gasteiger partial charge < -0.3 is 5.32 Å². The lowest BCUT2D eigenvalue weighted by Crippen LogP contribution is -2.19. The van der Waals surface area contributed by atoms with Gasteiger partial charge in [-0.3, -0.25) is 0 Å². The third kappa shape index (κ3) is 4.49. The van der Waals surface area contributed by atoms with Crippen molar-refractivity contribution in [1.82, 2.24) is 20.1 Å². The predicted octanol–water partition coefficient (Wildman–Crippen LogP) is 2.04. The Hall–Kier alpha value is -0.610. The lowest BCUT2D eigenvalue weighted by atomic mass is 10.1. The molecule has 92 valence electrons. The maximum Gasteiger partial charge on any atom is 0.140 e. The molecule has 1 atom stereocenters. The number of rotatable bonds is 8. The topological polar surface area (TPSA) is 42.7 Å². The molecule has 0 radical (unpaired) electrons. The van der Waals surface area contributed by atoms with E-state index in [-0.39, 0.29) is 0 Å². The Bertz CT molecular complexity index is 287. The highest BCUT2D eigenvalue weighted by molar-refractivity contribution is 6.18. The van der Waals surface area contributed by atoms with Crippen LogP contribution in [0.25, 0.3) is 0 Å². The molecule has 0 aliphatic rings. The van der Waals surface area contributed by atoms with Crippen LogP contribution in [0.2, 0.25) is 0 Å².